The molecule has 1 fully saturated rings. The molecule has 1 heterocycles. The van der Waals surface area contributed by atoms with Crippen LogP contribution in [-0.4, -0.2) is 78.7 Å². The lowest BCUT2D eigenvalue weighted by atomic mass is 10.0. The summed E-state index contributed by atoms with van der Waals surface area (Å²) in [7, 11) is 1.53. The minimum Gasteiger partial charge on any atom is -0.493 e. The molecule has 0 aromatic heterocycles. The minimum absolute atomic E-state index is 0.0673. The SMILES string of the molecule is COc1ccc(C(=O)N(C(C)C)[C@@H]2CCCN(C(=O)OC(C)(C)C)C2)cc1OCCNC(C)=O. The highest BCUT2D eigenvalue weighted by molar-refractivity contribution is 5.95. The normalized spacial score (nSPS) is 16.1. The van der Waals surface area contributed by atoms with Crippen LogP contribution in [-0.2, 0) is 9.53 Å². The van der Waals surface area contributed by atoms with E-state index in [2.05, 4.69) is 5.32 Å². The first-order valence-electron chi connectivity index (χ1n) is 11.8. The summed E-state index contributed by atoms with van der Waals surface area (Å²) in [6.45, 7) is 12.5. The smallest absolute Gasteiger partial charge is 0.410 e. The van der Waals surface area contributed by atoms with Crippen molar-refractivity contribution < 1.29 is 28.6 Å². The number of likely N-dealkylation sites (tertiary alicyclic amines) is 1. The Kier molecular flexibility index (Phi) is 9.58. The largest absolute Gasteiger partial charge is 0.493 e. The minimum atomic E-state index is -0.572. The summed E-state index contributed by atoms with van der Waals surface area (Å²) in [5, 5.41) is 2.67. The van der Waals surface area contributed by atoms with Crippen molar-refractivity contribution in [2.75, 3.05) is 33.4 Å². The highest BCUT2D eigenvalue weighted by atomic mass is 16.6. The molecular weight excluding hydrogens is 438 g/mol. The monoisotopic (exact) mass is 477 g/mol. The van der Waals surface area contributed by atoms with Crippen molar-refractivity contribution in [3.63, 3.8) is 0 Å². The van der Waals surface area contributed by atoms with Crippen molar-refractivity contribution in [1.82, 2.24) is 15.1 Å². The summed E-state index contributed by atoms with van der Waals surface area (Å²) in [4.78, 5) is 40.8. The Balaban J connectivity index is 2.19. The van der Waals surface area contributed by atoms with Crippen LogP contribution in [0.4, 0.5) is 4.79 Å². The maximum Gasteiger partial charge on any atom is 0.410 e. The average Bonchev–Trinajstić information content (AvgIpc) is 2.75. The summed E-state index contributed by atoms with van der Waals surface area (Å²) in [5.41, 5.74) is -0.102. The summed E-state index contributed by atoms with van der Waals surface area (Å²) in [5.74, 6) is 0.658. The predicted molar refractivity (Wildman–Crippen MR) is 129 cm³/mol. The standard InChI is InChI=1S/C25H39N3O6/c1-17(2)28(20-9-8-13-27(16-20)24(31)34-25(4,5)6)23(30)19-10-11-21(32-7)22(15-19)33-14-12-26-18(3)29/h10-11,15,17,20H,8-9,12-14,16H2,1-7H3,(H,26,29)/t20-/m1/s1. The molecule has 0 aliphatic carbocycles. The van der Waals surface area contributed by atoms with Crippen LogP contribution in [0.25, 0.3) is 0 Å². The summed E-state index contributed by atoms with van der Waals surface area (Å²) in [6.07, 6.45) is 1.24. The van der Waals surface area contributed by atoms with Crippen LogP contribution in [0.2, 0.25) is 0 Å². The lowest BCUT2D eigenvalue weighted by Crippen LogP contribution is -2.54. The van der Waals surface area contributed by atoms with E-state index in [0.717, 1.165) is 12.8 Å². The van der Waals surface area contributed by atoms with E-state index in [9.17, 15) is 14.4 Å². The molecule has 1 aromatic rings. The molecule has 1 saturated heterocycles. The van der Waals surface area contributed by atoms with E-state index in [1.54, 1.807) is 23.1 Å². The zero-order chi connectivity index (χ0) is 25.5. The van der Waals surface area contributed by atoms with Gasteiger partial charge in [-0.05, 0) is 65.7 Å². The van der Waals surface area contributed by atoms with Crippen molar-refractivity contribution in [2.24, 2.45) is 0 Å². The first-order valence-corrected chi connectivity index (χ1v) is 11.8. The Morgan fingerprint density at radius 3 is 2.50 bits per heavy atom. The number of piperidine rings is 1. The van der Waals surface area contributed by atoms with Gasteiger partial charge in [-0.3, -0.25) is 9.59 Å². The van der Waals surface area contributed by atoms with Crippen LogP contribution in [0, 0.1) is 0 Å². The van der Waals surface area contributed by atoms with Crippen LogP contribution in [0.15, 0.2) is 18.2 Å². The van der Waals surface area contributed by atoms with E-state index >= 15 is 0 Å². The fourth-order valence-electron chi connectivity index (χ4n) is 3.96. The van der Waals surface area contributed by atoms with E-state index < -0.39 is 5.60 Å². The number of hydrogen-bond donors (Lipinski definition) is 1. The summed E-state index contributed by atoms with van der Waals surface area (Å²) in [6, 6.07) is 4.89. The second-order valence-electron chi connectivity index (χ2n) is 9.73. The molecule has 0 unspecified atom stereocenters. The number of nitrogens with one attached hydrogen (secondary N) is 1. The fourth-order valence-corrected chi connectivity index (χ4v) is 3.96. The highest BCUT2D eigenvalue weighted by Crippen LogP contribution is 2.30. The van der Waals surface area contributed by atoms with Gasteiger partial charge in [0.25, 0.3) is 5.91 Å². The molecule has 34 heavy (non-hydrogen) atoms. The van der Waals surface area contributed by atoms with Crippen LogP contribution in [0.1, 0.15) is 64.7 Å². The van der Waals surface area contributed by atoms with Gasteiger partial charge in [0.05, 0.1) is 19.7 Å². The third-order valence-corrected chi connectivity index (χ3v) is 5.38. The van der Waals surface area contributed by atoms with Crippen LogP contribution in [0.3, 0.4) is 0 Å². The van der Waals surface area contributed by atoms with Gasteiger partial charge < -0.3 is 29.3 Å². The van der Waals surface area contributed by atoms with Crippen molar-refractivity contribution in [2.45, 2.75) is 72.1 Å². The van der Waals surface area contributed by atoms with Gasteiger partial charge in [-0.25, -0.2) is 4.79 Å². The Morgan fingerprint density at radius 1 is 1.21 bits per heavy atom. The van der Waals surface area contributed by atoms with E-state index in [-0.39, 0.29) is 36.6 Å². The molecule has 0 radical (unpaired) electrons. The number of hydrogen-bond acceptors (Lipinski definition) is 6. The number of benzene rings is 1. The van der Waals surface area contributed by atoms with Crippen LogP contribution in [0.5, 0.6) is 11.5 Å². The topological polar surface area (TPSA) is 97.4 Å². The average molecular weight is 478 g/mol. The second kappa shape index (κ2) is 11.9. The molecule has 0 bridgehead atoms. The maximum absolute atomic E-state index is 13.6. The van der Waals surface area contributed by atoms with Crippen LogP contribution < -0.4 is 14.8 Å². The Labute approximate surface area is 202 Å². The molecule has 1 N–H and O–H groups in total. The van der Waals surface area contributed by atoms with E-state index in [0.29, 0.717) is 36.7 Å². The number of carbonyl (C=O) groups excluding carboxylic acids is 3. The maximum atomic E-state index is 13.6. The molecule has 1 atom stereocenters. The van der Waals surface area contributed by atoms with E-state index in [4.69, 9.17) is 14.2 Å². The van der Waals surface area contributed by atoms with Crippen LogP contribution >= 0.6 is 0 Å². The van der Waals surface area contributed by atoms with E-state index in [1.807, 2.05) is 39.5 Å². The molecule has 9 heteroatoms. The van der Waals surface area contributed by atoms with Crippen molar-refractivity contribution in [1.29, 1.82) is 0 Å². The van der Waals surface area contributed by atoms with Gasteiger partial charge in [0.2, 0.25) is 5.91 Å². The third kappa shape index (κ3) is 7.81. The van der Waals surface area contributed by atoms with Gasteiger partial charge in [0.15, 0.2) is 11.5 Å². The predicted octanol–water partition coefficient (Wildman–Crippen LogP) is 3.46. The molecule has 1 aliphatic rings. The molecule has 1 aliphatic heterocycles. The summed E-state index contributed by atoms with van der Waals surface area (Å²) < 4.78 is 16.7. The fraction of sp³-hybridized carbons (Fsp3) is 0.640. The quantitative estimate of drug-likeness (QED) is 0.576. The number of ether oxygens (including phenoxy) is 3. The van der Waals surface area contributed by atoms with E-state index in [1.165, 1.54) is 14.0 Å². The highest BCUT2D eigenvalue weighted by Gasteiger charge is 2.34. The number of nitrogens with zero attached hydrogens (tertiary/aromatic N) is 2. The van der Waals surface area contributed by atoms with Gasteiger partial charge in [-0.2, -0.15) is 0 Å². The molecular formula is C25H39N3O6. The molecule has 0 spiro atoms. The Bertz CT molecular complexity index is 865. The lowest BCUT2D eigenvalue weighted by Gasteiger charge is -2.41. The van der Waals surface area contributed by atoms with Gasteiger partial charge in [-0.1, -0.05) is 0 Å². The number of rotatable bonds is 8. The number of methoxy groups -OCH3 is 1. The zero-order valence-electron chi connectivity index (χ0n) is 21.5. The van der Waals surface area contributed by atoms with Crippen molar-refractivity contribution in [3.05, 3.63) is 23.8 Å². The van der Waals surface area contributed by atoms with Gasteiger partial charge in [0, 0.05) is 31.6 Å². The summed E-state index contributed by atoms with van der Waals surface area (Å²) >= 11 is 0. The molecule has 3 amide bonds. The first kappa shape index (κ1) is 27.3. The molecule has 9 nitrogen and oxygen atoms in total. The molecule has 2 rings (SSSR count). The Morgan fingerprint density at radius 2 is 1.91 bits per heavy atom. The van der Waals surface area contributed by atoms with Crippen molar-refractivity contribution >= 4 is 17.9 Å². The molecule has 190 valence electrons. The third-order valence-electron chi connectivity index (χ3n) is 5.38. The molecule has 0 saturated carbocycles. The first-order chi connectivity index (χ1) is 15.9. The lowest BCUT2D eigenvalue weighted by molar-refractivity contribution is -0.119. The number of carbonyl (C=O) groups is 3. The number of amides is 3. The molecule has 1 aromatic carbocycles. The van der Waals surface area contributed by atoms with Gasteiger partial charge in [0.1, 0.15) is 12.2 Å². The second-order valence-corrected chi connectivity index (χ2v) is 9.73. The Hall–Kier alpha value is -2.97. The van der Waals surface area contributed by atoms with Gasteiger partial charge >= 0.3 is 6.09 Å². The van der Waals surface area contributed by atoms with Gasteiger partial charge in [-0.15, -0.1) is 0 Å². The van der Waals surface area contributed by atoms with Crippen molar-refractivity contribution in [3.8, 4) is 11.5 Å². The zero-order valence-corrected chi connectivity index (χ0v) is 21.5.